The van der Waals surface area contributed by atoms with E-state index in [-0.39, 0.29) is 6.04 Å². The van der Waals surface area contributed by atoms with Crippen molar-refractivity contribution >= 4 is 11.6 Å². The van der Waals surface area contributed by atoms with E-state index >= 15 is 0 Å². The van der Waals surface area contributed by atoms with E-state index in [1.807, 2.05) is 7.05 Å². The zero-order chi connectivity index (χ0) is 11.3. The number of rotatable bonds is 5. The monoisotopic (exact) mass is 225 g/mol. The Morgan fingerprint density at radius 3 is 2.20 bits per heavy atom. The number of alkyl halides is 1. The molecule has 2 heteroatoms. The zero-order valence-corrected chi connectivity index (χ0v) is 10.5. The fourth-order valence-electron chi connectivity index (χ4n) is 1.69. The Labute approximate surface area is 97.8 Å². The predicted octanol–water partition coefficient (Wildman–Crippen LogP) is 3.38. The SMILES string of the molecule is CNC(CCl)c1ccc(CC(C)C)cc1. The Hall–Kier alpha value is -0.530. The molecule has 0 fully saturated rings. The smallest absolute Gasteiger partial charge is 0.0455 e. The van der Waals surface area contributed by atoms with E-state index < -0.39 is 0 Å². The number of halogens is 1. The van der Waals surface area contributed by atoms with E-state index in [1.54, 1.807) is 0 Å². The van der Waals surface area contributed by atoms with E-state index in [1.165, 1.54) is 11.1 Å². The molecule has 0 spiro atoms. The van der Waals surface area contributed by atoms with Crippen molar-refractivity contribution in [1.29, 1.82) is 0 Å². The van der Waals surface area contributed by atoms with Crippen molar-refractivity contribution < 1.29 is 0 Å². The maximum absolute atomic E-state index is 5.86. The van der Waals surface area contributed by atoms with E-state index in [9.17, 15) is 0 Å². The molecule has 0 heterocycles. The topological polar surface area (TPSA) is 12.0 Å². The van der Waals surface area contributed by atoms with Crippen LogP contribution in [0.15, 0.2) is 24.3 Å². The lowest BCUT2D eigenvalue weighted by Crippen LogP contribution is -2.17. The van der Waals surface area contributed by atoms with Crippen molar-refractivity contribution in [2.75, 3.05) is 12.9 Å². The highest BCUT2D eigenvalue weighted by atomic mass is 35.5. The highest BCUT2D eigenvalue weighted by Crippen LogP contribution is 2.16. The summed E-state index contributed by atoms with van der Waals surface area (Å²) >= 11 is 5.86. The molecule has 0 radical (unpaired) electrons. The third-order valence-corrected chi connectivity index (χ3v) is 2.84. The largest absolute Gasteiger partial charge is 0.312 e. The van der Waals surface area contributed by atoms with Crippen molar-refractivity contribution in [3.63, 3.8) is 0 Å². The summed E-state index contributed by atoms with van der Waals surface area (Å²) < 4.78 is 0. The van der Waals surface area contributed by atoms with Gasteiger partial charge in [0.05, 0.1) is 0 Å². The molecule has 0 aliphatic heterocycles. The van der Waals surface area contributed by atoms with Gasteiger partial charge in [-0.25, -0.2) is 0 Å². The van der Waals surface area contributed by atoms with Crippen LogP contribution in [-0.4, -0.2) is 12.9 Å². The minimum absolute atomic E-state index is 0.264. The molecule has 0 aromatic heterocycles. The molecular weight excluding hydrogens is 206 g/mol. The van der Waals surface area contributed by atoms with Crippen molar-refractivity contribution in [2.24, 2.45) is 5.92 Å². The van der Waals surface area contributed by atoms with Crippen LogP contribution in [0.4, 0.5) is 0 Å². The van der Waals surface area contributed by atoms with Gasteiger partial charge in [0.2, 0.25) is 0 Å². The Morgan fingerprint density at radius 1 is 1.20 bits per heavy atom. The van der Waals surface area contributed by atoms with Gasteiger partial charge in [-0.05, 0) is 30.5 Å². The summed E-state index contributed by atoms with van der Waals surface area (Å²) in [6.07, 6.45) is 1.14. The Kier molecular flexibility index (Phi) is 5.13. The summed E-state index contributed by atoms with van der Waals surface area (Å²) in [6.45, 7) is 4.48. The second kappa shape index (κ2) is 6.14. The van der Waals surface area contributed by atoms with Gasteiger partial charge in [-0.15, -0.1) is 11.6 Å². The molecule has 1 atom stereocenters. The summed E-state index contributed by atoms with van der Waals surface area (Å²) in [4.78, 5) is 0. The molecule has 0 aliphatic rings. The Balaban J connectivity index is 2.71. The van der Waals surface area contributed by atoms with Gasteiger partial charge in [0.1, 0.15) is 0 Å². The minimum Gasteiger partial charge on any atom is -0.312 e. The van der Waals surface area contributed by atoms with Gasteiger partial charge in [-0.3, -0.25) is 0 Å². The molecule has 1 nitrogen and oxygen atoms in total. The molecule has 0 aliphatic carbocycles. The molecular formula is C13H20ClN. The maximum atomic E-state index is 5.86. The standard InChI is InChI=1S/C13H20ClN/c1-10(2)8-11-4-6-12(7-5-11)13(9-14)15-3/h4-7,10,13,15H,8-9H2,1-3H3. The van der Waals surface area contributed by atoms with Crippen LogP contribution in [0.5, 0.6) is 0 Å². The minimum atomic E-state index is 0.264. The van der Waals surface area contributed by atoms with Crippen molar-refractivity contribution in [1.82, 2.24) is 5.32 Å². The van der Waals surface area contributed by atoms with E-state index in [0.717, 1.165) is 6.42 Å². The maximum Gasteiger partial charge on any atom is 0.0455 e. The van der Waals surface area contributed by atoms with Crippen LogP contribution in [0.3, 0.4) is 0 Å². The van der Waals surface area contributed by atoms with Crippen LogP contribution in [0.1, 0.15) is 31.0 Å². The summed E-state index contributed by atoms with van der Waals surface area (Å²) in [5.41, 5.74) is 2.66. The molecule has 0 saturated heterocycles. The van der Waals surface area contributed by atoms with Gasteiger partial charge in [0, 0.05) is 11.9 Å². The lowest BCUT2D eigenvalue weighted by molar-refractivity contribution is 0.642. The fourth-order valence-corrected chi connectivity index (χ4v) is 2.02. The van der Waals surface area contributed by atoms with Gasteiger partial charge in [0.15, 0.2) is 0 Å². The number of nitrogens with one attached hydrogen (secondary N) is 1. The van der Waals surface area contributed by atoms with E-state index in [0.29, 0.717) is 11.8 Å². The first-order chi connectivity index (χ1) is 7.17. The lowest BCUT2D eigenvalue weighted by Gasteiger charge is -2.14. The molecule has 0 saturated carbocycles. The van der Waals surface area contributed by atoms with E-state index in [4.69, 9.17) is 11.6 Å². The highest BCUT2D eigenvalue weighted by Gasteiger charge is 2.07. The number of hydrogen-bond acceptors (Lipinski definition) is 1. The van der Waals surface area contributed by atoms with Crippen LogP contribution in [0.25, 0.3) is 0 Å². The molecule has 0 amide bonds. The van der Waals surface area contributed by atoms with Gasteiger partial charge < -0.3 is 5.32 Å². The summed E-state index contributed by atoms with van der Waals surface area (Å²) in [5, 5.41) is 3.20. The van der Waals surface area contributed by atoms with Crippen molar-refractivity contribution in [2.45, 2.75) is 26.3 Å². The average Bonchev–Trinajstić information content (AvgIpc) is 2.21. The number of hydrogen-bond donors (Lipinski definition) is 1. The second-order valence-electron chi connectivity index (χ2n) is 4.34. The van der Waals surface area contributed by atoms with Crippen LogP contribution < -0.4 is 5.32 Å². The lowest BCUT2D eigenvalue weighted by atomic mass is 10.00. The summed E-state index contributed by atoms with van der Waals surface area (Å²) in [6, 6.07) is 9.00. The Morgan fingerprint density at radius 2 is 1.80 bits per heavy atom. The summed E-state index contributed by atoms with van der Waals surface area (Å²) in [5.74, 6) is 1.32. The predicted molar refractivity (Wildman–Crippen MR) is 67.5 cm³/mol. The van der Waals surface area contributed by atoms with Gasteiger partial charge in [-0.2, -0.15) is 0 Å². The molecule has 84 valence electrons. The molecule has 1 rings (SSSR count). The average molecular weight is 226 g/mol. The Bertz CT molecular complexity index is 275. The third-order valence-electron chi connectivity index (χ3n) is 2.53. The van der Waals surface area contributed by atoms with Crippen LogP contribution >= 0.6 is 11.6 Å². The second-order valence-corrected chi connectivity index (χ2v) is 4.64. The fraction of sp³-hybridized carbons (Fsp3) is 0.538. The first-order valence-electron chi connectivity index (χ1n) is 5.49. The van der Waals surface area contributed by atoms with Crippen molar-refractivity contribution in [3.8, 4) is 0 Å². The normalized spacial score (nSPS) is 13.1. The van der Waals surface area contributed by atoms with Crippen LogP contribution in [0.2, 0.25) is 0 Å². The van der Waals surface area contributed by atoms with Gasteiger partial charge >= 0.3 is 0 Å². The van der Waals surface area contributed by atoms with Gasteiger partial charge in [0.25, 0.3) is 0 Å². The molecule has 1 aromatic rings. The first-order valence-corrected chi connectivity index (χ1v) is 6.03. The quantitative estimate of drug-likeness (QED) is 0.758. The van der Waals surface area contributed by atoms with E-state index in [2.05, 4.69) is 43.4 Å². The van der Waals surface area contributed by atoms with Crippen LogP contribution in [0, 0.1) is 5.92 Å². The highest BCUT2D eigenvalue weighted by molar-refractivity contribution is 6.18. The number of benzene rings is 1. The van der Waals surface area contributed by atoms with Crippen LogP contribution in [-0.2, 0) is 6.42 Å². The molecule has 1 N–H and O–H groups in total. The summed E-state index contributed by atoms with van der Waals surface area (Å²) in [7, 11) is 1.94. The van der Waals surface area contributed by atoms with Crippen molar-refractivity contribution in [3.05, 3.63) is 35.4 Å². The molecule has 1 aromatic carbocycles. The first kappa shape index (κ1) is 12.5. The zero-order valence-electron chi connectivity index (χ0n) is 9.76. The molecule has 0 bridgehead atoms. The third kappa shape index (κ3) is 3.84. The molecule has 1 unspecified atom stereocenters. The molecule has 15 heavy (non-hydrogen) atoms. The van der Waals surface area contributed by atoms with Gasteiger partial charge in [-0.1, -0.05) is 38.1 Å².